The van der Waals surface area contributed by atoms with Crippen molar-refractivity contribution in [1.82, 2.24) is 10.2 Å². The number of carbonyl (C=O) groups is 2. The van der Waals surface area contributed by atoms with Gasteiger partial charge in [0.15, 0.2) is 0 Å². The van der Waals surface area contributed by atoms with E-state index in [1.807, 2.05) is 6.07 Å². The lowest BCUT2D eigenvalue weighted by Gasteiger charge is -2.35. The van der Waals surface area contributed by atoms with Gasteiger partial charge in [-0.2, -0.15) is 0 Å². The van der Waals surface area contributed by atoms with Gasteiger partial charge in [-0.1, -0.05) is 49.6 Å². The zero-order valence-electron chi connectivity index (χ0n) is 15.9. The number of methoxy groups -OCH3 is 1. The highest BCUT2D eigenvalue weighted by Crippen LogP contribution is 2.30. The number of nitrogens with zero attached hydrogens (tertiary/aromatic N) is 1. The molecule has 0 spiro atoms. The summed E-state index contributed by atoms with van der Waals surface area (Å²) in [7, 11) is 1.55. The molecule has 0 heterocycles. The van der Waals surface area contributed by atoms with Gasteiger partial charge < -0.3 is 15.0 Å². The van der Waals surface area contributed by atoms with Crippen LogP contribution in [0.5, 0.6) is 0 Å². The second-order valence-electron chi connectivity index (χ2n) is 7.01. The molecular weight excluding hydrogens is 387 g/mol. The normalized spacial score (nSPS) is 20.7. The van der Waals surface area contributed by atoms with Crippen molar-refractivity contribution in [1.29, 1.82) is 0 Å². The van der Waals surface area contributed by atoms with Gasteiger partial charge in [-0.25, -0.2) is 0 Å². The Morgan fingerprint density at radius 2 is 2.00 bits per heavy atom. The number of amides is 2. The molecule has 0 aromatic heterocycles. The molecule has 1 aromatic rings. The number of hydrogen-bond donors (Lipinski definition) is 1. The zero-order valence-corrected chi connectivity index (χ0v) is 17.4. The van der Waals surface area contributed by atoms with Crippen molar-refractivity contribution in [2.24, 2.45) is 5.92 Å². The first-order valence-corrected chi connectivity index (χ1v) is 10.3. The monoisotopic (exact) mass is 414 g/mol. The summed E-state index contributed by atoms with van der Waals surface area (Å²) >= 11 is 12.2. The van der Waals surface area contributed by atoms with Gasteiger partial charge in [-0.15, -0.1) is 11.6 Å². The van der Waals surface area contributed by atoms with Crippen LogP contribution in [-0.4, -0.2) is 48.9 Å². The molecule has 1 saturated carbocycles. The number of rotatable bonds is 8. The van der Waals surface area contributed by atoms with Gasteiger partial charge in [0, 0.05) is 30.3 Å². The molecule has 1 N–H and O–H groups in total. The average molecular weight is 415 g/mol. The van der Waals surface area contributed by atoms with Crippen molar-refractivity contribution in [3.63, 3.8) is 0 Å². The number of hydrogen-bond acceptors (Lipinski definition) is 3. The molecule has 0 bridgehead atoms. The van der Waals surface area contributed by atoms with Crippen LogP contribution in [0, 0.1) is 5.92 Å². The maximum absolute atomic E-state index is 13.3. The fraction of sp³-hybridized carbons (Fsp3) is 0.600. The third-order valence-electron chi connectivity index (χ3n) is 5.17. The molecule has 1 fully saturated rings. The summed E-state index contributed by atoms with van der Waals surface area (Å²) < 4.78 is 5.13. The molecule has 0 saturated heterocycles. The Morgan fingerprint density at radius 3 is 2.63 bits per heavy atom. The number of ether oxygens (including phenoxy) is 1. The molecule has 2 amide bonds. The molecule has 3 atom stereocenters. The van der Waals surface area contributed by atoms with E-state index >= 15 is 0 Å². The Kier molecular flexibility index (Phi) is 8.87. The fourth-order valence-corrected chi connectivity index (χ4v) is 4.00. The van der Waals surface area contributed by atoms with E-state index < -0.39 is 6.04 Å². The number of alkyl halides is 1. The first-order valence-electron chi connectivity index (χ1n) is 9.38. The molecule has 1 aromatic carbocycles. The van der Waals surface area contributed by atoms with Gasteiger partial charge in [0.25, 0.3) is 0 Å². The minimum atomic E-state index is -0.839. The van der Waals surface area contributed by atoms with E-state index in [9.17, 15) is 9.59 Å². The Hall–Kier alpha value is -1.30. The van der Waals surface area contributed by atoms with E-state index in [4.69, 9.17) is 27.9 Å². The van der Waals surface area contributed by atoms with E-state index in [1.165, 1.54) is 11.3 Å². The van der Waals surface area contributed by atoms with Crippen LogP contribution in [0.15, 0.2) is 24.3 Å². The quantitative estimate of drug-likeness (QED) is 0.658. The van der Waals surface area contributed by atoms with Crippen LogP contribution in [0.25, 0.3) is 0 Å². The van der Waals surface area contributed by atoms with Crippen LogP contribution in [0.2, 0.25) is 5.02 Å². The van der Waals surface area contributed by atoms with Crippen molar-refractivity contribution in [3.05, 3.63) is 34.9 Å². The Balaban J connectivity index is 2.34. The van der Waals surface area contributed by atoms with E-state index in [-0.39, 0.29) is 30.3 Å². The minimum absolute atomic E-state index is 0.103. The van der Waals surface area contributed by atoms with E-state index in [0.29, 0.717) is 23.1 Å². The van der Waals surface area contributed by atoms with Gasteiger partial charge in [-0.05, 0) is 24.8 Å². The maximum Gasteiger partial charge on any atom is 0.247 e. The predicted octanol–water partition coefficient (Wildman–Crippen LogP) is 3.79. The van der Waals surface area contributed by atoms with Crippen LogP contribution >= 0.6 is 23.2 Å². The van der Waals surface area contributed by atoms with Crippen LogP contribution in [0.4, 0.5) is 0 Å². The number of carbonyl (C=O) groups excluding carboxylic acids is 2. The second kappa shape index (κ2) is 10.9. The van der Waals surface area contributed by atoms with E-state index in [0.717, 1.165) is 19.3 Å². The Morgan fingerprint density at radius 1 is 1.30 bits per heavy atom. The highest BCUT2D eigenvalue weighted by Gasteiger charge is 2.34. The molecular formula is C20H28Cl2N2O3. The molecule has 0 aliphatic heterocycles. The van der Waals surface area contributed by atoms with Gasteiger partial charge in [0.2, 0.25) is 11.8 Å². The lowest BCUT2D eigenvalue weighted by Crippen LogP contribution is -2.50. The minimum Gasteiger partial charge on any atom is -0.383 e. The van der Waals surface area contributed by atoms with Gasteiger partial charge >= 0.3 is 0 Å². The van der Waals surface area contributed by atoms with E-state index in [1.54, 1.807) is 25.3 Å². The zero-order chi connectivity index (χ0) is 19.8. The third kappa shape index (κ3) is 5.84. The number of halogens is 2. The van der Waals surface area contributed by atoms with Gasteiger partial charge in [0.1, 0.15) is 11.9 Å². The van der Waals surface area contributed by atoms with Crippen molar-refractivity contribution >= 4 is 35.0 Å². The molecule has 7 heteroatoms. The van der Waals surface area contributed by atoms with Crippen LogP contribution in [-0.2, 0) is 14.3 Å². The molecule has 27 heavy (non-hydrogen) atoms. The summed E-state index contributed by atoms with van der Waals surface area (Å²) in [5.41, 5.74) is 0.592. The summed E-state index contributed by atoms with van der Waals surface area (Å²) in [5, 5.41) is 3.60. The average Bonchev–Trinajstić information content (AvgIpc) is 2.67. The Bertz CT molecular complexity index is 641. The number of nitrogens with one attached hydrogen (secondary N) is 1. The summed E-state index contributed by atoms with van der Waals surface area (Å²) in [5.74, 6) is -0.356. The topological polar surface area (TPSA) is 58.6 Å². The smallest absolute Gasteiger partial charge is 0.247 e. The summed E-state index contributed by atoms with van der Waals surface area (Å²) in [4.78, 5) is 27.3. The van der Waals surface area contributed by atoms with Crippen LogP contribution in [0.1, 0.15) is 44.2 Å². The molecule has 150 valence electrons. The van der Waals surface area contributed by atoms with E-state index in [2.05, 4.69) is 12.2 Å². The second-order valence-corrected chi connectivity index (χ2v) is 7.69. The third-order valence-corrected chi connectivity index (χ3v) is 5.74. The summed E-state index contributed by atoms with van der Waals surface area (Å²) in [6.45, 7) is 2.71. The Labute approximate surface area is 171 Å². The molecule has 1 aliphatic carbocycles. The maximum atomic E-state index is 13.3. The van der Waals surface area contributed by atoms with Crippen LogP contribution < -0.4 is 5.32 Å². The molecule has 1 aliphatic rings. The van der Waals surface area contributed by atoms with Crippen molar-refractivity contribution in [3.8, 4) is 0 Å². The highest BCUT2D eigenvalue weighted by molar-refractivity contribution is 6.31. The predicted molar refractivity (Wildman–Crippen MR) is 108 cm³/mol. The fourth-order valence-electron chi connectivity index (χ4n) is 3.60. The molecule has 5 nitrogen and oxygen atoms in total. The summed E-state index contributed by atoms with van der Waals surface area (Å²) in [6.07, 6.45) is 4.33. The first-order chi connectivity index (χ1) is 13.0. The lowest BCUT2D eigenvalue weighted by atomic mass is 9.85. The first kappa shape index (κ1) is 22.0. The number of benzene rings is 1. The van der Waals surface area contributed by atoms with Crippen LogP contribution in [0.3, 0.4) is 0 Å². The largest absolute Gasteiger partial charge is 0.383 e. The van der Waals surface area contributed by atoms with Crippen molar-refractivity contribution in [2.75, 3.05) is 26.1 Å². The molecule has 0 radical (unpaired) electrons. The van der Waals surface area contributed by atoms with Crippen molar-refractivity contribution in [2.45, 2.75) is 44.7 Å². The van der Waals surface area contributed by atoms with Gasteiger partial charge in [-0.3, -0.25) is 9.59 Å². The van der Waals surface area contributed by atoms with Crippen molar-refractivity contribution < 1.29 is 14.3 Å². The highest BCUT2D eigenvalue weighted by atomic mass is 35.5. The SMILES string of the molecule is COCCN(C(=O)CCl)[C@H](C(=O)N[C@@H]1CCCC[C@H]1C)c1ccccc1Cl. The standard InChI is InChI=1S/C20H28Cl2N2O3/c1-14-7-3-6-10-17(14)23-20(26)19(15-8-4-5-9-16(15)22)24(11-12-27-2)18(25)13-21/h4-5,8-9,14,17,19H,3,6-7,10-13H2,1-2H3,(H,23,26)/t14-,17-,19+/m1/s1. The van der Waals surface area contributed by atoms with Gasteiger partial charge in [0.05, 0.1) is 6.61 Å². The lowest BCUT2D eigenvalue weighted by molar-refractivity contribution is -0.140. The molecule has 2 rings (SSSR count). The summed E-state index contributed by atoms with van der Waals surface area (Å²) in [6, 6.07) is 6.37. The molecule has 0 unspecified atom stereocenters.